The molecule has 1 unspecified atom stereocenters. The van der Waals surface area contributed by atoms with Crippen LogP contribution in [0.4, 0.5) is 10.1 Å². The maximum absolute atomic E-state index is 13.4. The topological polar surface area (TPSA) is 78.4 Å². The molecule has 2 amide bonds. The number of benzene rings is 1. The maximum Gasteiger partial charge on any atom is 0.313 e. The van der Waals surface area contributed by atoms with Crippen molar-refractivity contribution < 1.29 is 19.1 Å². The number of thiophene rings is 1. The van der Waals surface area contributed by atoms with Crippen LogP contribution < -0.4 is 10.6 Å². The van der Waals surface area contributed by atoms with Gasteiger partial charge in [0.05, 0.1) is 0 Å². The number of anilines is 1. The fourth-order valence-electron chi connectivity index (χ4n) is 1.71. The summed E-state index contributed by atoms with van der Waals surface area (Å²) < 4.78 is 13.4. The van der Waals surface area contributed by atoms with E-state index < -0.39 is 23.7 Å². The first-order chi connectivity index (χ1) is 10.5. The summed E-state index contributed by atoms with van der Waals surface area (Å²) in [5.74, 6) is -2.27. The molecule has 2 aromatic rings. The van der Waals surface area contributed by atoms with Crippen LogP contribution in [0.2, 0.25) is 0 Å². The Balaban J connectivity index is 1.86. The average Bonchev–Trinajstić information content (AvgIpc) is 3.02. The van der Waals surface area contributed by atoms with Gasteiger partial charge in [0.15, 0.2) is 0 Å². The highest BCUT2D eigenvalue weighted by Gasteiger charge is 2.16. The third-order valence-electron chi connectivity index (χ3n) is 2.96. The zero-order valence-electron chi connectivity index (χ0n) is 11.8. The van der Waals surface area contributed by atoms with Crippen LogP contribution in [0.3, 0.4) is 0 Å². The lowest BCUT2D eigenvalue weighted by molar-refractivity contribution is -0.136. The molecule has 3 N–H and O–H groups in total. The predicted octanol–water partition coefficient (Wildman–Crippen LogP) is 1.98. The normalized spacial score (nSPS) is 11.8. The van der Waals surface area contributed by atoms with Gasteiger partial charge in [-0.2, -0.15) is 0 Å². The summed E-state index contributed by atoms with van der Waals surface area (Å²) in [5.41, 5.74) is 0.642. The number of nitrogens with one attached hydrogen (secondary N) is 2. The molecule has 0 fully saturated rings. The zero-order chi connectivity index (χ0) is 16.1. The first-order valence-electron chi connectivity index (χ1n) is 6.54. The van der Waals surface area contributed by atoms with Crippen molar-refractivity contribution in [3.05, 3.63) is 52.0 Å². The van der Waals surface area contributed by atoms with Crippen molar-refractivity contribution in [2.24, 2.45) is 0 Å². The van der Waals surface area contributed by atoms with E-state index in [1.807, 2.05) is 0 Å². The smallest absolute Gasteiger partial charge is 0.313 e. The lowest BCUT2D eigenvalue weighted by atomic mass is 10.2. The van der Waals surface area contributed by atoms with Crippen molar-refractivity contribution in [2.75, 3.05) is 11.9 Å². The average molecular weight is 322 g/mol. The summed E-state index contributed by atoms with van der Waals surface area (Å²) in [4.78, 5) is 24.0. The Kier molecular flexibility index (Phi) is 5.24. The van der Waals surface area contributed by atoms with Crippen molar-refractivity contribution in [1.29, 1.82) is 0 Å². The number of halogens is 1. The summed E-state index contributed by atoms with van der Waals surface area (Å²) in [6.07, 6.45) is -0.867. The number of aliphatic hydroxyl groups excluding tert-OH is 1. The Bertz CT molecular complexity index is 673. The van der Waals surface area contributed by atoms with Gasteiger partial charge in [0.2, 0.25) is 0 Å². The molecule has 0 spiro atoms. The Hall–Kier alpha value is -2.25. The fourth-order valence-corrected chi connectivity index (χ4v) is 2.42. The van der Waals surface area contributed by atoms with E-state index >= 15 is 0 Å². The van der Waals surface area contributed by atoms with Gasteiger partial charge in [-0.3, -0.25) is 9.59 Å². The van der Waals surface area contributed by atoms with Gasteiger partial charge >= 0.3 is 11.8 Å². The van der Waals surface area contributed by atoms with E-state index in [0.717, 1.165) is 6.07 Å². The van der Waals surface area contributed by atoms with Gasteiger partial charge in [0.1, 0.15) is 11.9 Å². The Morgan fingerprint density at radius 1 is 1.32 bits per heavy atom. The van der Waals surface area contributed by atoms with Gasteiger partial charge in [-0.15, -0.1) is 11.3 Å². The summed E-state index contributed by atoms with van der Waals surface area (Å²) in [6, 6.07) is 7.66. The SMILES string of the molecule is Cc1ccc(NC(=O)C(=O)NCC(O)c2cccs2)cc1F. The monoisotopic (exact) mass is 322 g/mol. The van der Waals surface area contributed by atoms with Gasteiger partial charge in [-0.25, -0.2) is 4.39 Å². The molecule has 0 aliphatic carbocycles. The fraction of sp³-hybridized carbons (Fsp3) is 0.200. The van der Waals surface area contributed by atoms with E-state index in [-0.39, 0.29) is 12.2 Å². The van der Waals surface area contributed by atoms with E-state index in [0.29, 0.717) is 10.4 Å². The summed E-state index contributed by atoms with van der Waals surface area (Å²) in [5, 5.41) is 16.2. The Morgan fingerprint density at radius 3 is 2.73 bits per heavy atom. The number of carbonyl (C=O) groups is 2. The standard InChI is InChI=1S/C15H15FN2O3S/c1-9-4-5-10(7-11(9)16)18-15(21)14(20)17-8-12(19)13-3-2-6-22-13/h2-7,12,19H,8H2,1H3,(H,17,20)(H,18,21). The molecule has 2 rings (SSSR count). The largest absolute Gasteiger partial charge is 0.386 e. The van der Waals surface area contributed by atoms with Crippen molar-refractivity contribution in [1.82, 2.24) is 5.32 Å². The molecule has 0 radical (unpaired) electrons. The first kappa shape index (κ1) is 16.1. The summed E-state index contributed by atoms with van der Waals surface area (Å²) in [7, 11) is 0. The summed E-state index contributed by atoms with van der Waals surface area (Å²) >= 11 is 1.35. The van der Waals surface area contributed by atoms with Crippen LogP contribution in [0.1, 0.15) is 16.5 Å². The van der Waals surface area contributed by atoms with E-state index in [1.165, 1.54) is 23.5 Å². The van der Waals surface area contributed by atoms with Gasteiger partial charge in [0.25, 0.3) is 0 Å². The number of hydrogen-bond acceptors (Lipinski definition) is 4. The second-order valence-electron chi connectivity index (χ2n) is 4.66. The van der Waals surface area contributed by atoms with Gasteiger partial charge in [0, 0.05) is 17.1 Å². The Morgan fingerprint density at radius 2 is 2.09 bits per heavy atom. The second kappa shape index (κ2) is 7.15. The lowest BCUT2D eigenvalue weighted by Crippen LogP contribution is -2.37. The Labute approximate surface area is 130 Å². The molecule has 0 bridgehead atoms. The number of hydrogen-bond donors (Lipinski definition) is 3. The highest BCUT2D eigenvalue weighted by molar-refractivity contribution is 7.10. The van der Waals surface area contributed by atoms with Crippen LogP contribution in [0.15, 0.2) is 35.7 Å². The molecule has 1 aromatic carbocycles. The lowest BCUT2D eigenvalue weighted by Gasteiger charge is -2.10. The molecular formula is C15H15FN2O3S. The van der Waals surface area contributed by atoms with Crippen LogP contribution in [0.25, 0.3) is 0 Å². The molecular weight excluding hydrogens is 307 g/mol. The molecule has 0 saturated carbocycles. The molecule has 0 saturated heterocycles. The highest BCUT2D eigenvalue weighted by Crippen LogP contribution is 2.17. The predicted molar refractivity (Wildman–Crippen MR) is 82.1 cm³/mol. The van der Waals surface area contributed by atoms with Crippen LogP contribution >= 0.6 is 11.3 Å². The van der Waals surface area contributed by atoms with Crippen LogP contribution in [-0.4, -0.2) is 23.5 Å². The molecule has 22 heavy (non-hydrogen) atoms. The van der Waals surface area contributed by atoms with E-state index in [1.54, 1.807) is 24.4 Å². The molecule has 0 aliphatic rings. The van der Waals surface area contributed by atoms with Gasteiger partial charge in [-0.1, -0.05) is 12.1 Å². The first-order valence-corrected chi connectivity index (χ1v) is 7.42. The molecule has 116 valence electrons. The summed E-state index contributed by atoms with van der Waals surface area (Å²) in [6.45, 7) is 1.52. The molecule has 0 aliphatic heterocycles. The van der Waals surface area contributed by atoms with Gasteiger partial charge in [-0.05, 0) is 36.1 Å². The van der Waals surface area contributed by atoms with Crippen LogP contribution in [-0.2, 0) is 9.59 Å². The van der Waals surface area contributed by atoms with Crippen molar-refractivity contribution in [3.8, 4) is 0 Å². The van der Waals surface area contributed by atoms with Crippen LogP contribution in [0.5, 0.6) is 0 Å². The molecule has 7 heteroatoms. The van der Waals surface area contributed by atoms with E-state index in [9.17, 15) is 19.1 Å². The molecule has 1 atom stereocenters. The van der Waals surface area contributed by atoms with E-state index in [4.69, 9.17) is 0 Å². The minimum absolute atomic E-state index is 0.0744. The van der Waals surface area contributed by atoms with E-state index in [2.05, 4.69) is 10.6 Å². The van der Waals surface area contributed by atoms with Crippen molar-refractivity contribution in [3.63, 3.8) is 0 Å². The number of amides is 2. The van der Waals surface area contributed by atoms with Crippen molar-refractivity contribution in [2.45, 2.75) is 13.0 Å². The van der Waals surface area contributed by atoms with Crippen LogP contribution in [0, 0.1) is 12.7 Å². The molecule has 5 nitrogen and oxygen atoms in total. The quantitative estimate of drug-likeness (QED) is 0.753. The number of rotatable bonds is 4. The minimum atomic E-state index is -0.915. The highest BCUT2D eigenvalue weighted by atomic mass is 32.1. The van der Waals surface area contributed by atoms with Gasteiger partial charge < -0.3 is 15.7 Å². The number of aliphatic hydroxyl groups is 1. The number of aryl methyl sites for hydroxylation is 1. The maximum atomic E-state index is 13.4. The molecule has 1 aromatic heterocycles. The third-order valence-corrected chi connectivity index (χ3v) is 3.94. The number of carbonyl (C=O) groups excluding carboxylic acids is 2. The third kappa shape index (κ3) is 4.12. The van der Waals surface area contributed by atoms with Crippen molar-refractivity contribution >= 4 is 28.8 Å². The minimum Gasteiger partial charge on any atom is -0.386 e. The molecule has 1 heterocycles. The zero-order valence-corrected chi connectivity index (χ0v) is 12.6. The second-order valence-corrected chi connectivity index (χ2v) is 5.64.